The first kappa shape index (κ1) is 29.0. The number of pyridine rings is 2. The van der Waals surface area contributed by atoms with Crippen molar-refractivity contribution < 1.29 is 31.8 Å². The van der Waals surface area contributed by atoms with Crippen molar-refractivity contribution >= 4 is 27.5 Å². The van der Waals surface area contributed by atoms with Gasteiger partial charge >= 0.3 is 6.18 Å². The average Bonchev–Trinajstić information content (AvgIpc) is 3.66. The molecule has 3 fully saturated rings. The Labute approximate surface area is 251 Å². The van der Waals surface area contributed by atoms with Gasteiger partial charge < -0.3 is 19.1 Å². The summed E-state index contributed by atoms with van der Waals surface area (Å²) in [5, 5.41) is 7.01. The molecule has 0 unspecified atom stereocenters. The lowest BCUT2D eigenvalue weighted by Gasteiger charge is -2.32. The summed E-state index contributed by atoms with van der Waals surface area (Å²) in [6, 6.07) is 3.12. The summed E-state index contributed by atoms with van der Waals surface area (Å²) in [4.78, 5) is 13.5. The van der Waals surface area contributed by atoms with Gasteiger partial charge in [0.25, 0.3) is 0 Å². The number of ether oxygens (including phenoxy) is 3. The van der Waals surface area contributed by atoms with E-state index in [1.54, 1.807) is 6.07 Å². The average molecular weight is 615 g/mol. The van der Waals surface area contributed by atoms with Crippen molar-refractivity contribution in [3.05, 3.63) is 35.3 Å². The van der Waals surface area contributed by atoms with Crippen LogP contribution in [0.3, 0.4) is 0 Å². The van der Waals surface area contributed by atoms with Gasteiger partial charge in [0.2, 0.25) is 11.8 Å². The number of hydrogen-bond acceptors (Lipinski definition) is 8. The molecule has 1 N–H and O–H groups in total. The molecule has 7 rings (SSSR count). The Hall–Kier alpha value is -3.71. The highest BCUT2D eigenvalue weighted by Crippen LogP contribution is 2.47. The fraction of sp³-hybridized carbons (Fsp3) is 0.516. The van der Waals surface area contributed by atoms with Gasteiger partial charge in [-0.25, -0.2) is 14.4 Å². The van der Waals surface area contributed by atoms with Gasteiger partial charge in [-0.05, 0) is 63.7 Å². The number of halogens is 4. The van der Waals surface area contributed by atoms with E-state index in [0.717, 1.165) is 45.2 Å². The van der Waals surface area contributed by atoms with Gasteiger partial charge in [-0.15, -0.1) is 0 Å². The highest BCUT2D eigenvalue weighted by molar-refractivity contribution is 6.02. The number of benzene rings is 1. The molecule has 13 heteroatoms. The fourth-order valence-corrected chi connectivity index (χ4v) is 7.33. The number of methoxy groups -OCH3 is 1. The molecule has 0 atom stereocenters. The fourth-order valence-electron chi connectivity index (χ4n) is 7.33. The van der Waals surface area contributed by atoms with Crippen molar-refractivity contribution in [1.29, 1.82) is 0 Å². The van der Waals surface area contributed by atoms with Gasteiger partial charge in [0.15, 0.2) is 5.82 Å². The summed E-state index contributed by atoms with van der Waals surface area (Å²) in [5.41, 5.74) is -1.32. The maximum atomic E-state index is 16.9. The molecule has 3 aliphatic rings. The van der Waals surface area contributed by atoms with Crippen LogP contribution in [0.5, 0.6) is 11.8 Å². The molecule has 0 aliphatic carbocycles. The molecule has 3 aliphatic heterocycles. The molecule has 44 heavy (non-hydrogen) atoms. The zero-order chi connectivity index (χ0) is 30.6. The first-order chi connectivity index (χ1) is 21.2. The summed E-state index contributed by atoms with van der Waals surface area (Å²) in [6.45, 7) is 5.97. The molecule has 4 aromatic rings. The number of H-pyrrole nitrogens is 1. The van der Waals surface area contributed by atoms with E-state index < -0.39 is 28.8 Å². The van der Waals surface area contributed by atoms with E-state index >= 15 is 4.39 Å². The van der Waals surface area contributed by atoms with Crippen LogP contribution >= 0.6 is 0 Å². The number of aromatic amines is 1. The molecule has 3 saturated heterocycles. The summed E-state index contributed by atoms with van der Waals surface area (Å²) < 4.78 is 78.2. The molecule has 1 aromatic carbocycles. The molecular weight excluding hydrogens is 580 g/mol. The first-order valence-corrected chi connectivity index (χ1v) is 15.0. The second kappa shape index (κ2) is 11.0. The number of nitrogens with zero attached hydrogens (tertiary/aromatic N) is 5. The third-order valence-electron chi connectivity index (χ3n) is 9.34. The Balaban J connectivity index is 1.45. The number of anilines is 1. The number of alkyl halides is 3. The molecular formula is C31H34F4N6O3. The highest BCUT2D eigenvalue weighted by atomic mass is 19.4. The number of fused-ring (bicyclic) bond motifs is 3. The molecule has 0 bridgehead atoms. The Bertz CT molecular complexity index is 1710. The molecule has 0 amide bonds. The zero-order valence-electron chi connectivity index (χ0n) is 24.7. The predicted octanol–water partition coefficient (Wildman–Crippen LogP) is 5.88. The van der Waals surface area contributed by atoms with Crippen LogP contribution < -0.4 is 14.4 Å². The van der Waals surface area contributed by atoms with E-state index in [0.29, 0.717) is 44.1 Å². The van der Waals surface area contributed by atoms with E-state index in [1.165, 1.54) is 26.3 Å². The number of aromatic nitrogens is 4. The summed E-state index contributed by atoms with van der Waals surface area (Å²) in [6.07, 6.45) is 1.42. The lowest BCUT2D eigenvalue weighted by molar-refractivity contribution is -0.137. The van der Waals surface area contributed by atoms with Crippen LogP contribution in [0.25, 0.3) is 33.1 Å². The molecule has 3 aromatic heterocycles. The van der Waals surface area contributed by atoms with Crippen LogP contribution in [0.4, 0.5) is 23.2 Å². The van der Waals surface area contributed by atoms with Crippen LogP contribution in [0.15, 0.2) is 18.3 Å². The molecule has 0 radical (unpaired) electrons. The standard InChI is InChI=1S/C31H34F4N6O3/c1-18-14-20-19(16-36-39-20)23(25(18)31(33,34)35)27-26(32)28-24(29(38-27)42-2)21(40-8-5-12-43-13-11-40)15-22(37-28)44-17-30-6-3-9-41(30)10-4-7-30/h14-16H,3-13,17H2,1-2H3,(H,36,39). The number of rotatable bonds is 6. The van der Waals surface area contributed by atoms with E-state index in [9.17, 15) is 13.2 Å². The second-order valence-electron chi connectivity index (χ2n) is 11.9. The van der Waals surface area contributed by atoms with Crippen LogP contribution in [0.1, 0.15) is 43.2 Å². The molecule has 9 nitrogen and oxygen atoms in total. The van der Waals surface area contributed by atoms with Crippen molar-refractivity contribution in [3.63, 3.8) is 0 Å². The van der Waals surface area contributed by atoms with Gasteiger partial charge in [-0.3, -0.25) is 10.00 Å². The third kappa shape index (κ3) is 4.80. The van der Waals surface area contributed by atoms with Gasteiger partial charge in [0.1, 0.15) is 17.8 Å². The molecule has 6 heterocycles. The Morgan fingerprint density at radius 3 is 2.59 bits per heavy atom. The lowest BCUT2D eigenvalue weighted by atomic mass is 9.94. The highest BCUT2D eigenvalue weighted by Gasteiger charge is 2.45. The van der Waals surface area contributed by atoms with Crippen LogP contribution in [-0.2, 0) is 10.9 Å². The minimum Gasteiger partial charge on any atom is -0.480 e. The van der Waals surface area contributed by atoms with E-state index in [-0.39, 0.29) is 39.2 Å². The summed E-state index contributed by atoms with van der Waals surface area (Å²) >= 11 is 0. The van der Waals surface area contributed by atoms with E-state index in [1.807, 2.05) is 4.90 Å². The van der Waals surface area contributed by atoms with E-state index in [4.69, 9.17) is 14.2 Å². The molecule has 0 spiro atoms. The van der Waals surface area contributed by atoms with Crippen molar-refractivity contribution in [1.82, 2.24) is 25.1 Å². The number of nitrogens with one attached hydrogen (secondary N) is 1. The van der Waals surface area contributed by atoms with Gasteiger partial charge in [-0.1, -0.05) is 0 Å². The zero-order valence-corrected chi connectivity index (χ0v) is 24.7. The van der Waals surface area contributed by atoms with Gasteiger partial charge in [-0.2, -0.15) is 18.3 Å². The Morgan fingerprint density at radius 2 is 1.84 bits per heavy atom. The predicted molar refractivity (Wildman–Crippen MR) is 157 cm³/mol. The normalized spacial score (nSPS) is 19.1. The molecule has 0 saturated carbocycles. The summed E-state index contributed by atoms with van der Waals surface area (Å²) in [7, 11) is 1.37. The lowest BCUT2D eigenvalue weighted by Crippen LogP contribution is -2.43. The minimum absolute atomic E-state index is 0.0294. The quantitative estimate of drug-likeness (QED) is 0.270. The van der Waals surface area contributed by atoms with Crippen molar-refractivity contribution in [3.8, 4) is 23.0 Å². The monoisotopic (exact) mass is 614 g/mol. The van der Waals surface area contributed by atoms with Crippen molar-refractivity contribution in [2.45, 2.75) is 50.7 Å². The van der Waals surface area contributed by atoms with Crippen molar-refractivity contribution in [2.24, 2.45) is 0 Å². The van der Waals surface area contributed by atoms with Crippen LogP contribution in [0, 0.1) is 12.7 Å². The minimum atomic E-state index is -4.79. The van der Waals surface area contributed by atoms with Crippen molar-refractivity contribution in [2.75, 3.05) is 58.0 Å². The maximum absolute atomic E-state index is 16.9. The van der Waals surface area contributed by atoms with Crippen LogP contribution in [-0.4, -0.2) is 83.7 Å². The maximum Gasteiger partial charge on any atom is 0.417 e. The SMILES string of the molecule is COc1nc(-c2c(C(F)(F)F)c(C)cc3[nH]ncc23)c(F)c2nc(OCC34CCCN3CCC4)cc(N3CCCOCC3)c12. The smallest absolute Gasteiger partial charge is 0.417 e. The molecule has 234 valence electrons. The van der Waals surface area contributed by atoms with Crippen LogP contribution in [0.2, 0.25) is 0 Å². The topological polar surface area (TPSA) is 88.6 Å². The number of aryl methyl sites for hydroxylation is 1. The summed E-state index contributed by atoms with van der Waals surface area (Å²) in [5.74, 6) is -0.811. The second-order valence-corrected chi connectivity index (χ2v) is 11.9. The third-order valence-corrected chi connectivity index (χ3v) is 9.34. The Kier molecular flexibility index (Phi) is 7.27. The first-order valence-electron chi connectivity index (χ1n) is 15.0. The largest absolute Gasteiger partial charge is 0.480 e. The van der Waals surface area contributed by atoms with Gasteiger partial charge in [0, 0.05) is 36.7 Å². The van der Waals surface area contributed by atoms with E-state index in [2.05, 4.69) is 25.1 Å². The van der Waals surface area contributed by atoms with Gasteiger partial charge in [0.05, 0.1) is 47.6 Å². The number of hydrogen-bond donors (Lipinski definition) is 1. The Morgan fingerprint density at radius 1 is 1.05 bits per heavy atom.